The van der Waals surface area contributed by atoms with Gasteiger partial charge in [-0.25, -0.2) is 12.8 Å². The molecule has 0 saturated carbocycles. The molecule has 1 aromatic carbocycles. The van der Waals surface area contributed by atoms with E-state index in [0.717, 1.165) is 31.7 Å². The van der Waals surface area contributed by atoms with Crippen molar-refractivity contribution in [1.82, 2.24) is 4.31 Å². The zero-order valence-electron chi connectivity index (χ0n) is 11.8. The summed E-state index contributed by atoms with van der Waals surface area (Å²) in [6, 6.07) is 2.06. The van der Waals surface area contributed by atoms with Crippen LogP contribution in [0.1, 0.15) is 38.2 Å². The van der Waals surface area contributed by atoms with Gasteiger partial charge in [0.1, 0.15) is 5.82 Å². The van der Waals surface area contributed by atoms with E-state index in [0.29, 0.717) is 6.54 Å². The number of rotatable bonds is 3. The van der Waals surface area contributed by atoms with E-state index in [9.17, 15) is 17.9 Å². The molecule has 1 saturated heterocycles. The molecule has 21 heavy (non-hydrogen) atoms. The normalized spacial score (nSPS) is 21.2. The largest absolute Gasteiger partial charge is 0.392 e. The summed E-state index contributed by atoms with van der Waals surface area (Å²) in [6.07, 6.45) is 3.58. The molecule has 1 aliphatic rings. The standard InChI is InChI=1S/C14H19ClFNO3S/c1-10-5-3-2-4-6-17(10)21(19,20)12-7-11(9-18)14(15)13(16)8-12/h7-8,10,18H,2-6,9H2,1H3. The van der Waals surface area contributed by atoms with Crippen molar-refractivity contribution in [3.8, 4) is 0 Å². The Balaban J connectivity index is 2.45. The Morgan fingerprint density at radius 1 is 1.38 bits per heavy atom. The first-order valence-corrected chi connectivity index (χ1v) is 8.80. The fourth-order valence-electron chi connectivity index (χ4n) is 2.62. The Kier molecular flexibility index (Phi) is 5.24. The minimum absolute atomic E-state index is 0.0812. The highest BCUT2D eigenvalue weighted by Crippen LogP contribution is 2.29. The maximum atomic E-state index is 13.8. The quantitative estimate of drug-likeness (QED) is 0.924. The molecule has 1 unspecified atom stereocenters. The van der Waals surface area contributed by atoms with Gasteiger partial charge in [0.05, 0.1) is 16.5 Å². The Hall–Kier alpha value is -0.690. The van der Waals surface area contributed by atoms with Crippen LogP contribution in [0.4, 0.5) is 4.39 Å². The average Bonchev–Trinajstić information content (AvgIpc) is 2.66. The van der Waals surface area contributed by atoms with Gasteiger partial charge in [0.25, 0.3) is 0 Å². The summed E-state index contributed by atoms with van der Waals surface area (Å²) in [5, 5.41) is 8.95. The van der Waals surface area contributed by atoms with Gasteiger partial charge in [-0.05, 0) is 31.9 Å². The number of nitrogens with zero attached hydrogens (tertiary/aromatic N) is 1. The van der Waals surface area contributed by atoms with E-state index in [1.54, 1.807) is 0 Å². The molecule has 1 N–H and O–H groups in total. The summed E-state index contributed by atoms with van der Waals surface area (Å²) >= 11 is 5.71. The molecule has 7 heteroatoms. The first-order valence-electron chi connectivity index (χ1n) is 6.98. The summed E-state index contributed by atoms with van der Waals surface area (Å²) in [6.45, 7) is 1.79. The third kappa shape index (κ3) is 3.39. The van der Waals surface area contributed by atoms with Gasteiger partial charge in [-0.15, -0.1) is 0 Å². The first-order chi connectivity index (χ1) is 9.87. The number of hydrogen-bond acceptors (Lipinski definition) is 3. The van der Waals surface area contributed by atoms with Crippen LogP contribution in [0.15, 0.2) is 17.0 Å². The van der Waals surface area contributed by atoms with Crippen molar-refractivity contribution in [3.05, 3.63) is 28.5 Å². The highest BCUT2D eigenvalue weighted by atomic mass is 35.5. The van der Waals surface area contributed by atoms with E-state index >= 15 is 0 Å². The monoisotopic (exact) mass is 335 g/mol. The molecule has 0 aliphatic carbocycles. The minimum atomic E-state index is -3.78. The number of halogens is 2. The Labute approximate surface area is 129 Å². The van der Waals surface area contributed by atoms with Crippen LogP contribution in [-0.2, 0) is 16.6 Å². The van der Waals surface area contributed by atoms with Crippen LogP contribution in [0.3, 0.4) is 0 Å². The fraction of sp³-hybridized carbons (Fsp3) is 0.571. The van der Waals surface area contributed by atoms with Crippen molar-refractivity contribution in [3.63, 3.8) is 0 Å². The lowest BCUT2D eigenvalue weighted by Gasteiger charge is -2.26. The number of hydrogen-bond donors (Lipinski definition) is 1. The zero-order valence-corrected chi connectivity index (χ0v) is 13.4. The molecule has 0 radical (unpaired) electrons. The van der Waals surface area contributed by atoms with Gasteiger partial charge in [0.2, 0.25) is 10.0 Å². The van der Waals surface area contributed by atoms with Crippen molar-refractivity contribution in [2.75, 3.05) is 6.54 Å². The number of aliphatic hydroxyl groups is 1. The molecule has 1 fully saturated rings. The summed E-state index contributed by atoms with van der Waals surface area (Å²) in [5.74, 6) is -0.829. The molecule has 1 atom stereocenters. The van der Waals surface area contributed by atoms with Gasteiger partial charge in [0.15, 0.2) is 0 Å². The SMILES string of the molecule is CC1CCCCCN1S(=O)(=O)c1cc(F)c(Cl)c(CO)c1. The summed E-state index contributed by atoms with van der Waals surface area (Å²) in [5.41, 5.74) is 0.0812. The van der Waals surface area contributed by atoms with Crippen LogP contribution in [-0.4, -0.2) is 30.4 Å². The highest BCUT2D eigenvalue weighted by Gasteiger charge is 2.31. The van der Waals surface area contributed by atoms with E-state index in [2.05, 4.69) is 0 Å². The molecule has 1 aromatic rings. The van der Waals surface area contributed by atoms with Crippen LogP contribution >= 0.6 is 11.6 Å². The molecule has 1 aliphatic heterocycles. The number of aliphatic hydroxyl groups excluding tert-OH is 1. The van der Waals surface area contributed by atoms with Crippen molar-refractivity contribution in [2.45, 2.75) is 50.2 Å². The number of benzene rings is 1. The van der Waals surface area contributed by atoms with Crippen LogP contribution in [0.2, 0.25) is 5.02 Å². The van der Waals surface area contributed by atoms with E-state index in [1.807, 2.05) is 6.92 Å². The van der Waals surface area contributed by atoms with Crippen LogP contribution in [0.5, 0.6) is 0 Å². The van der Waals surface area contributed by atoms with Crippen LogP contribution < -0.4 is 0 Å². The van der Waals surface area contributed by atoms with Gasteiger partial charge < -0.3 is 5.11 Å². The second kappa shape index (κ2) is 6.60. The zero-order chi connectivity index (χ0) is 15.6. The number of sulfonamides is 1. The van der Waals surface area contributed by atoms with Crippen molar-refractivity contribution in [1.29, 1.82) is 0 Å². The lowest BCUT2D eigenvalue weighted by molar-refractivity contribution is 0.281. The van der Waals surface area contributed by atoms with Gasteiger partial charge in [-0.3, -0.25) is 0 Å². The van der Waals surface area contributed by atoms with Crippen molar-refractivity contribution in [2.24, 2.45) is 0 Å². The Morgan fingerprint density at radius 3 is 2.76 bits per heavy atom. The maximum absolute atomic E-state index is 13.8. The Morgan fingerprint density at radius 2 is 2.10 bits per heavy atom. The van der Waals surface area contributed by atoms with Gasteiger partial charge >= 0.3 is 0 Å². The highest BCUT2D eigenvalue weighted by molar-refractivity contribution is 7.89. The molecule has 0 amide bonds. The molecular weight excluding hydrogens is 317 g/mol. The summed E-state index contributed by atoms with van der Waals surface area (Å²) in [7, 11) is -3.78. The predicted molar refractivity (Wildman–Crippen MR) is 79.2 cm³/mol. The third-order valence-electron chi connectivity index (χ3n) is 3.85. The third-order valence-corrected chi connectivity index (χ3v) is 6.26. The van der Waals surface area contributed by atoms with Crippen LogP contribution in [0, 0.1) is 5.82 Å². The van der Waals surface area contributed by atoms with Crippen molar-refractivity contribution < 1.29 is 17.9 Å². The van der Waals surface area contributed by atoms with E-state index in [1.165, 1.54) is 10.4 Å². The molecule has 118 valence electrons. The first kappa shape index (κ1) is 16.7. The topological polar surface area (TPSA) is 57.6 Å². The summed E-state index contributed by atoms with van der Waals surface area (Å²) < 4.78 is 40.6. The van der Waals surface area contributed by atoms with Gasteiger partial charge in [-0.2, -0.15) is 4.31 Å². The lowest BCUT2D eigenvalue weighted by atomic mass is 10.1. The fourth-order valence-corrected chi connectivity index (χ4v) is 4.56. The second-order valence-corrected chi connectivity index (χ2v) is 7.62. The summed E-state index contributed by atoms with van der Waals surface area (Å²) in [4.78, 5) is -0.151. The van der Waals surface area contributed by atoms with E-state index in [4.69, 9.17) is 11.6 Å². The molecule has 2 rings (SSSR count). The van der Waals surface area contributed by atoms with Gasteiger partial charge in [0, 0.05) is 18.2 Å². The smallest absolute Gasteiger partial charge is 0.243 e. The molecule has 0 aromatic heterocycles. The molecular formula is C14H19ClFNO3S. The van der Waals surface area contributed by atoms with E-state index in [-0.39, 0.29) is 21.5 Å². The van der Waals surface area contributed by atoms with Crippen LogP contribution in [0.25, 0.3) is 0 Å². The van der Waals surface area contributed by atoms with E-state index < -0.39 is 22.4 Å². The Bertz CT molecular complexity index is 621. The maximum Gasteiger partial charge on any atom is 0.243 e. The molecule has 4 nitrogen and oxygen atoms in total. The van der Waals surface area contributed by atoms with Gasteiger partial charge in [-0.1, -0.05) is 24.4 Å². The second-order valence-electron chi connectivity index (χ2n) is 5.35. The minimum Gasteiger partial charge on any atom is -0.392 e. The average molecular weight is 336 g/mol. The van der Waals surface area contributed by atoms with Crippen molar-refractivity contribution >= 4 is 21.6 Å². The molecule has 1 heterocycles. The lowest BCUT2D eigenvalue weighted by Crippen LogP contribution is -2.38. The molecule has 0 bridgehead atoms. The predicted octanol–water partition coefficient (Wildman–Crippen LogP) is 2.92. The molecule has 0 spiro atoms.